The van der Waals surface area contributed by atoms with E-state index in [2.05, 4.69) is 10.6 Å². The van der Waals surface area contributed by atoms with Crippen molar-refractivity contribution < 1.29 is 14.7 Å². The largest absolute Gasteiger partial charge is 0.394 e. The van der Waals surface area contributed by atoms with Crippen molar-refractivity contribution >= 4 is 35.0 Å². The van der Waals surface area contributed by atoms with Gasteiger partial charge in [-0.25, -0.2) is 0 Å². The van der Waals surface area contributed by atoms with Crippen molar-refractivity contribution in [1.29, 1.82) is 0 Å². The van der Waals surface area contributed by atoms with Crippen LogP contribution < -0.4 is 10.6 Å². The van der Waals surface area contributed by atoms with E-state index in [4.69, 9.17) is 23.2 Å². The van der Waals surface area contributed by atoms with Gasteiger partial charge in [0.1, 0.15) is 0 Å². The zero-order valence-corrected chi connectivity index (χ0v) is 13.7. The molecule has 1 fully saturated rings. The molecule has 0 radical (unpaired) electrons. The van der Waals surface area contributed by atoms with Gasteiger partial charge in [0.25, 0.3) is 5.91 Å². The second kappa shape index (κ2) is 6.86. The van der Waals surface area contributed by atoms with Crippen LogP contribution in [0, 0.1) is 5.92 Å². The molecule has 22 heavy (non-hydrogen) atoms. The zero-order valence-electron chi connectivity index (χ0n) is 12.2. The smallest absolute Gasteiger partial charge is 0.251 e. The molecule has 1 aromatic carbocycles. The summed E-state index contributed by atoms with van der Waals surface area (Å²) in [5.41, 5.74) is -0.292. The molecule has 0 heterocycles. The van der Waals surface area contributed by atoms with E-state index >= 15 is 0 Å². The number of halogens is 2. The van der Waals surface area contributed by atoms with Crippen molar-refractivity contribution in [2.75, 3.05) is 13.2 Å². The van der Waals surface area contributed by atoms with Crippen LogP contribution in [0.15, 0.2) is 18.2 Å². The minimum atomic E-state index is -0.620. The van der Waals surface area contributed by atoms with Crippen molar-refractivity contribution in [3.05, 3.63) is 33.8 Å². The molecule has 120 valence electrons. The van der Waals surface area contributed by atoms with Crippen LogP contribution in [0.4, 0.5) is 0 Å². The molecule has 0 aromatic heterocycles. The summed E-state index contributed by atoms with van der Waals surface area (Å²) in [6.45, 7) is 1.52. The van der Waals surface area contributed by atoms with E-state index in [0.717, 1.165) is 12.8 Å². The lowest BCUT2D eigenvalue weighted by Crippen LogP contribution is -2.53. The Morgan fingerprint density at radius 2 is 2.00 bits per heavy atom. The van der Waals surface area contributed by atoms with E-state index in [1.807, 2.05) is 6.92 Å². The van der Waals surface area contributed by atoms with Crippen LogP contribution in [0.5, 0.6) is 0 Å². The molecule has 1 aliphatic carbocycles. The van der Waals surface area contributed by atoms with E-state index in [1.165, 1.54) is 18.2 Å². The molecule has 0 bridgehead atoms. The lowest BCUT2D eigenvalue weighted by atomic mass is 9.97. The maximum Gasteiger partial charge on any atom is 0.251 e. The normalized spacial score (nSPS) is 16.7. The molecule has 0 spiro atoms. The maximum absolute atomic E-state index is 12.0. The van der Waals surface area contributed by atoms with Gasteiger partial charge >= 0.3 is 0 Å². The first-order valence-electron chi connectivity index (χ1n) is 7.01. The van der Waals surface area contributed by atoms with Crippen LogP contribution in [0.3, 0.4) is 0 Å². The fourth-order valence-electron chi connectivity index (χ4n) is 2.25. The van der Waals surface area contributed by atoms with Gasteiger partial charge in [0.2, 0.25) is 5.91 Å². The molecule has 1 unspecified atom stereocenters. The molecule has 7 heteroatoms. The highest BCUT2D eigenvalue weighted by Crippen LogP contribution is 2.39. The molecule has 0 aliphatic heterocycles. The number of aliphatic hydroxyl groups excluding tert-OH is 1. The Kier molecular flexibility index (Phi) is 5.32. The number of carbonyl (C=O) groups is 2. The summed E-state index contributed by atoms with van der Waals surface area (Å²) in [5, 5.41) is 15.4. The molecule has 1 aliphatic rings. The van der Waals surface area contributed by atoms with Crippen LogP contribution in [0.1, 0.15) is 30.1 Å². The highest BCUT2D eigenvalue weighted by Gasteiger charge is 2.42. The van der Waals surface area contributed by atoms with Crippen LogP contribution in [-0.4, -0.2) is 35.6 Å². The van der Waals surface area contributed by atoms with Crippen molar-refractivity contribution in [3.8, 4) is 0 Å². The van der Waals surface area contributed by atoms with E-state index in [1.54, 1.807) is 0 Å². The average molecular weight is 345 g/mol. The topological polar surface area (TPSA) is 78.4 Å². The minimum Gasteiger partial charge on any atom is -0.394 e. The number of aliphatic hydroxyl groups is 1. The van der Waals surface area contributed by atoms with Gasteiger partial charge in [0.05, 0.1) is 28.7 Å². The summed E-state index contributed by atoms with van der Waals surface area (Å²) in [7, 11) is 0. The van der Waals surface area contributed by atoms with Crippen LogP contribution in [0.2, 0.25) is 10.0 Å². The Bertz CT molecular complexity index is 590. The first kappa shape index (κ1) is 17.1. The SMILES string of the molecule is CC(CO)(NC(=O)CNC(=O)c1ccc(Cl)c(Cl)c1)C1CC1. The zero-order chi connectivity index (χ0) is 16.3. The van der Waals surface area contributed by atoms with E-state index in [9.17, 15) is 14.7 Å². The summed E-state index contributed by atoms with van der Waals surface area (Å²) in [4.78, 5) is 23.9. The third-order valence-corrected chi connectivity index (χ3v) is 4.56. The van der Waals surface area contributed by atoms with Gasteiger partial charge in [-0.2, -0.15) is 0 Å². The summed E-state index contributed by atoms with van der Waals surface area (Å²) >= 11 is 11.6. The van der Waals surface area contributed by atoms with Crippen LogP contribution in [0.25, 0.3) is 0 Å². The first-order chi connectivity index (χ1) is 10.4. The molecule has 5 nitrogen and oxygen atoms in total. The van der Waals surface area contributed by atoms with Crippen molar-refractivity contribution in [1.82, 2.24) is 10.6 Å². The summed E-state index contributed by atoms with van der Waals surface area (Å²) in [6.07, 6.45) is 1.99. The predicted molar refractivity (Wildman–Crippen MR) is 85.2 cm³/mol. The van der Waals surface area contributed by atoms with Crippen molar-refractivity contribution in [2.45, 2.75) is 25.3 Å². The number of nitrogens with one attached hydrogen (secondary N) is 2. The second-order valence-corrected chi connectivity index (χ2v) is 6.52. The van der Waals surface area contributed by atoms with Gasteiger partial charge in [-0.05, 0) is 43.9 Å². The summed E-state index contributed by atoms with van der Waals surface area (Å²) in [6, 6.07) is 4.50. The Hall–Kier alpha value is -1.30. The number of hydrogen-bond acceptors (Lipinski definition) is 3. The highest BCUT2D eigenvalue weighted by molar-refractivity contribution is 6.42. The van der Waals surface area contributed by atoms with E-state index < -0.39 is 11.4 Å². The Morgan fingerprint density at radius 3 is 2.55 bits per heavy atom. The Labute approximate surface area is 139 Å². The van der Waals surface area contributed by atoms with Crippen LogP contribution >= 0.6 is 23.2 Å². The standard InChI is InChI=1S/C15H18Cl2N2O3/c1-15(8-20,10-3-4-10)19-13(21)7-18-14(22)9-2-5-11(16)12(17)6-9/h2,5-6,10,20H,3-4,7-8H2,1H3,(H,18,22)(H,19,21). The fraction of sp³-hybridized carbons (Fsp3) is 0.467. The van der Waals surface area contributed by atoms with Gasteiger partial charge in [-0.3, -0.25) is 9.59 Å². The third kappa shape index (κ3) is 4.12. The highest BCUT2D eigenvalue weighted by atomic mass is 35.5. The van der Waals surface area contributed by atoms with Gasteiger partial charge in [-0.1, -0.05) is 23.2 Å². The molecule has 1 aromatic rings. The third-order valence-electron chi connectivity index (χ3n) is 3.82. The maximum atomic E-state index is 12.0. The number of carbonyl (C=O) groups excluding carboxylic acids is 2. The quantitative estimate of drug-likeness (QED) is 0.738. The molecular weight excluding hydrogens is 327 g/mol. The molecule has 2 amide bonds. The monoisotopic (exact) mass is 344 g/mol. The number of hydrogen-bond donors (Lipinski definition) is 3. The molecule has 1 saturated carbocycles. The van der Waals surface area contributed by atoms with Gasteiger partial charge < -0.3 is 15.7 Å². The van der Waals surface area contributed by atoms with E-state index in [-0.39, 0.29) is 24.1 Å². The number of rotatable bonds is 6. The van der Waals surface area contributed by atoms with Crippen molar-refractivity contribution in [2.24, 2.45) is 5.92 Å². The van der Waals surface area contributed by atoms with E-state index in [0.29, 0.717) is 16.5 Å². The fourth-order valence-corrected chi connectivity index (χ4v) is 2.55. The van der Waals surface area contributed by atoms with Crippen LogP contribution in [-0.2, 0) is 4.79 Å². The lowest BCUT2D eigenvalue weighted by Gasteiger charge is -2.28. The molecule has 3 N–H and O–H groups in total. The van der Waals surface area contributed by atoms with Gasteiger partial charge in [0, 0.05) is 5.56 Å². The minimum absolute atomic E-state index is 0.121. The lowest BCUT2D eigenvalue weighted by molar-refractivity contribution is -0.122. The molecule has 2 rings (SSSR count). The predicted octanol–water partition coefficient (Wildman–Crippen LogP) is 2.00. The molecular formula is C15H18Cl2N2O3. The number of amides is 2. The summed E-state index contributed by atoms with van der Waals surface area (Å²) < 4.78 is 0. The first-order valence-corrected chi connectivity index (χ1v) is 7.76. The van der Waals surface area contributed by atoms with Crippen molar-refractivity contribution in [3.63, 3.8) is 0 Å². The molecule has 0 saturated heterocycles. The Morgan fingerprint density at radius 1 is 1.32 bits per heavy atom. The number of benzene rings is 1. The van der Waals surface area contributed by atoms with Gasteiger partial charge in [0.15, 0.2) is 0 Å². The second-order valence-electron chi connectivity index (χ2n) is 5.71. The summed E-state index contributed by atoms with van der Waals surface area (Å²) in [5.74, 6) is -0.449. The van der Waals surface area contributed by atoms with Gasteiger partial charge in [-0.15, -0.1) is 0 Å². The average Bonchev–Trinajstić information content (AvgIpc) is 3.32. The Balaban J connectivity index is 1.87. The molecule has 1 atom stereocenters.